The molecule has 18 heteroatoms. The van der Waals surface area contributed by atoms with E-state index in [9.17, 15) is 0 Å². The number of benzene rings is 8. The number of nitrogens with zero attached hydrogens (tertiary/aromatic N) is 8. The van der Waals surface area contributed by atoms with Crippen molar-refractivity contribution in [1.82, 2.24) is 38.2 Å². The minimum Gasteiger partial charge on any atom is 2.00 e. The number of imidazole rings is 4. The fraction of sp³-hybridized carbons (Fsp3) is 0.318. The smallest absolute Gasteiger partial charge is 2.00 e. The van der Waals surface area contributed by atoms with Crippen LogP contribution in [0.3, 0.4) is 0 Å². The van der Waals surface area contributed by atoms with Gasteiger partial charge in [0.15, 0.2) is 0 Å². The second kappa shape index (κ2) is 39.5. The van der Waals surface area contributed by atoms with Crippen molar-refractivity contribution >= 4 is 101 Å². The standard InChI is InChI=1S/C44H50N4O.C44H48N4O.4ClH.2K.2Pt/c2*1-27(2)37-13-11-14-38(28(3)4)41(37)47-19-17-45-43(47)33-21-31(9)23-35(25-33)49-36-24-32(10)22-34(26-36)44-46-18-20-48(44)42-39(29(5)6)15-12-16-40(42)30(7)8;;;;;;;;/h11-30H,1-10H3;11-24,27-30H,1-10H3;4*1H;;;;/q;-2;;;;;;;+2;+4/p-4. The summed E-state index contributed by atoms with van der Waals surface area (Å²) in [7, 11) is 20.0. The summed E-state index contributed by atoms with van der Waals surface area (Å²) in [6.45, 7) is 44.4. The largest absolute Gasteiger partial charge is 2.00 e. The first-order valence-corrected chi connectivity index (χ1v) is 63.9. The van der Waals surface area contributed by atoms with Gasteiger partial charge < -0.3 is 18.6 Å². The molecule has 106 heavy (non-hydrogen) atoms. The zero-order chi connectivity index (χ0) is 76.5. The normalized spacial score (nSPS) is 11.7. The number of rotatable bonds is 20. The van der Waals surface area contributed by atoms with Gasteiger partial charge in [0.05, 0.1) is 23.0 Å². The molecular formula is C88H98Cl4K2N8O2Pt2. The Balaban J connectivity index is 0.000000244. The van der Waals surface area contributed by atoms with E-state index in [1.807, 2.05) is 36.9 Å². The number of aromatic nitrogens is 8. The maximum absolute atomic E-state index is 6.68. The molecule has 0 spiro atoms. The zero-order valence-corrected chi connectivity index (χ0v) is 79.3. The molecule has 0 N–H and O–H groups in total. The monoisotopic (exact) mass is 1910 g/mol. The van der Waals surface area contributed by atoms with Crippen LogP contribution in [-0.2, 0) is 33.0 Å². The predicted molar refractivity (Wildman–Crippen MR) is 440 cm³/mol. The number of halogens is 4. The third kappa shape index (κ3) is 21.8. The van der Waals surface area contributed by atoms with Gasteiger partial charge in [-0.1, -0.05) is 222 Å². The minimum absolute atomic E-state index is 0. The maximum Gasteiger partial charge on any atom is 2.00 e. The van der Waals surface area contributed by atoms with Crippen LogP contribution in [0.4, 0.5) is 0 Å². The van der Waals surface area contributed by atoms with E-state index in [0.29, 0.717) is 58.8 Å². The Bertz CT molecular complexity index is 4240. The Morgan fingerprint density at radius 2 is 0.557 bits per heavy atom. The van der Waals surface area contributed by atoms with Crippen LogP contribution in [0.2, 0.25) is 0 Å². The molecule has 12 rings (SSSR count). The van der Waals surface area contributed by atoms with Crippen LogP contribution in [0.5, 0.6) is 23.0 Å². The molecule has 0 radical (unpaired) electrons. The summed E-state index contributed by atoms with van der Waals surface area (Å²) in [4.78, 5) is 19.5. The molecule has 0 atom stereocenters. The fourth-order valence-electron chi connectivity index (χ4n) is 13.8. The fourth-order valence-corrected chi connectivity index (χ4v) is 13.8. The molecule has 8 aromatic carbocycles. The number of ether oxygens (including phenoxy) is 2. The van der Waals surface area contributed by atoms with Crippen LogP contribution in [0.1, 0.15) is 225 Å². The van der Waals surface area contributed by atoms with E-state index in [-0.39, 0.29) is 21.1 Å². The van der Waals surface area contributed by atoms with Gasteiger partial charge >= 0.3 is 134 Å². The van der Waals surface area contributed by atoms with E-state index in [1.165, 1.54) is 130 Å². The Kier molecular flexibility index (Phi) is 32.6. The van der Waals surface area contributed by atoms with Crippen molar-refractivity contribution in [2.24, 2.45) is 0 Å². The van der Waals surface area contributed by atoms with Crippen LogP contribution in [0.25, 0.3) is 68.3 Å². The summed E-state index contributed by atoms with van der Waals surface area (Å²) < 4.78 is 22.2. The summed E-state index contributed by atoms with van der Waals surface area (Å²) >= 11 is -0.556. The van der Waals surface area contributed by atoms with E-state index in [0.717, 1.165) is 79.3 Å². The van der Waals surface area contributed by atoms with Crippen LogP contribution in [0, 0.1) is 39.8 Å². The van der Waals surface area contributed by atoms with Gasteiger partial charge in [-0.15, -0.1) is 34.4 Å². The van der Waals surface area contributed by atoms with E-state index in [4.69, 9.17) is 67.1 Å². The average molecular weight is 1910 g/mol. The van der Waals surface area contributed by atoms with Crippen molar-refractivity contribution < 1.29 is 42.4 Å². The SMILES string of the molecule is Cc1cc(Oc2[c-]c(-c3nccn3-c3c(C(C)C)cccc3C(C)C)cc(C)c2)[c-]c(-c2nccn2-c2c(C(C)C)cccc2C(C)C)c1.Cc1cc(Oc2cc(C)cc(-c3nccn3-c3c(C(C)C)cccc3C(C)C)c2)cc(-c2nccn2-c2c(C(C)C)cccc2C(C)C)c1.[Cl][Pt]([Cl])([Cl])[Cl].[K][K].[Pt+2]. The molecule has 4 aromatic heterocycles. The number of hydrogen-bond acceptors (Lipinski definition) is 6. The topological polar surface area (TPSA) is 89.7 Å². The van der Waals surface area contributed by atoms with Crippen molar-refractivity contribution in [2.45, 2.75) is 186 Å². The van der Waals surface area contributed by atoms with Gasteiger partial charge in [-0.3, -0.25) is 19.1 Å². The molecule has 0 saturated heterocycles. The molecule has 0 unspecified atom stereocenters. The van der Waals surface area contributed by atoms with Gasteiger partial charge in [0.2, 0.25) is 0 Å². The maximum atomic E-state index is 6.68. The molecule has 0 bridgehead atoms. The Morgan fingerprint density at radius 1 is 0.330 bits per heavy atom. The molecule has 0 saturated carbocycles. The molecule has 10 nitrogen and oxygen atoms in total. The number of hydrogen-bond donors (Lipinski definition) is 0. The molecule has 12 aromatic rings. The third-order valence-corrected chi connectivity index (χ3v) is 18.4. The van der Waals surface area contributed by atoms with Crippen LogP contribution in [0.15, 0.2) is 183 Å². The van der Waals surface area contributed by atoms with Gasteiger partial charge in [-0.2, -0.15) is 0 Å². The third-order valence-electron chi connectivity index (χ3n) is 18.4. The van der Waals surface area contributed by atoms with Gasteiger partial charge in [0, 0.05) is 83.6 Å². The van der Waals surface area contributed by atoms with Gasteiger partial charge in [-0.25, -0.2) is 9.97 Å². The van der Waals surface area contributed by atoms with Crippen molar-refractivity contribution in [3.8, 4) is 91.3 Å². The number of para-hydroxylation sites is 4. The first-order chi connectivity index (χ1) is 49.8. The molecule has 4 heterocycles. The molecule has 552 valence electrons. The van der Waals surface area contributed by atoms with Gasteiger partial charge in [-0.05, 0) is 153 Å². The van der Waals surface area contributed by atoms with Gasteiger partial charge in [0.25, 0.3) is 0 Å². The summed E-state index contributed by atoms with van der Waals surface area (Å²) in [6, 6.07) is 54.7. The van der Waals surface area contributed by atoms with Crippen molar-refractivity contribution in [1.29, 1.82) is 0 Å². The summed E-state index contributed by atoms with van der Waals surface area (Å²) in [5, 5.41) is 0. The summed E-state index contributed by atoms with van der Waals surface area (Å²) in [5.41, 5.74) is 23.4. The Morgan fingerprint density at radius 3 is 0.802 bits per heavy atom. The molecular weight excluding hydrogens is 1810 g/mol. The van der Waals surface area contributed by atoms with Crippen LogP contribution in [-0.4, -0.2) is 101 Å². The average Bonchev–Trinajstić information content (AvgIpc) is 1.51. The second-order valence-corrected chi connectivity index (χ2v) is 49.0. The molecule has 0 aliphatic heterocycles. The Labute approximate surface area is 710 Å². The summed E-state index contributed by atoms with van der Waals surface area (Å²) in [6.07, 6.45) is 15.8. The van der Waals surface area contributed by atoms with Crippen molar-refractivity contribution in [2.75, 3.05) is 0 Å². The minimum atomic E-state index is -3.06. The molecule has 0 aliphatic carbocycles. The molecule has 0 fully saturated rings. The van der Waals surface area contributed by atoms with E-state index < -0.39 is 11.9 Å². The first-order valence-electron chi connectivity index (χ1n) is 36.7. The van der Waals surface area contributed by atoms with Crippen LogP contribution < -0.4 is 9.47 Å². The van der Waals surface area contributed by atoms with Crippen molar-refractivity contribution in [3.05, 3.63) is 262 Å². The predicted octanol–water partition coefficient (Wildman–Crippen LogP) is 26.2. The van der Waals surface area contributed by atoms with E-state index >= 15 is 0 Å². The van der Waals surface area contributed by atoms with E-state index in [1.54, 1.807) is 0 Å². The first kappa shape index (κ1) is 87.6. The summed E-state index contributed by atoms with van der Waals surface area (Å²) in [5.74, 6) is 9.23. The van der Waals surface area contributed by atoms with Crippen molar-refractivity contribution in [3.63, 3.8) is 0 Å². The number of aryl methyl sites for hydroxylation is 4. The zero-order valence-electron chi connectivity index (χ0n) is 65.5. The van der Waals surface area contributed by atoms with Gasteiger partial charge in [0.1, 0.15) is 23.1 Å². The quantitative estimate of drug-likeness (QED) is 0.0558. The Hall–Kier alpha value is -3.99. The van der Waals surface area contributed by atoms with E-state index in [2.05, 4.69) is 315 Å². The molecule has 0 amide bonds. The second-order valence-electron chi connectivity index (χ2n) is 29.3. The van der Waals surface area contributed by atoms with Crippen LogP contribution >= 0.6 is 37.7 Å². The molecule has 0 aliphatic rings.